The molecule has 5 nitrogen and oxygen atoms in total. The van der Waals surface area contributed by atoms with Gasteiger partial charge in [-0.05, 0) is 19.8 Å². The monoisotopic (exact) mass is 307 g/mol. The normalized spacial score (nSPS) is 21.7. The Labute approximate surface area is 128 Å². The van der Waals surface area contributed by atoms with Gasteiger partial charge < -0.3 is 10.2 Å². The Morgan fingerprint density at radius 3 is 2.76 bits per heavy atom. The molecular weight excluding hydrogens is 286 g/mol. The topological polar surface area (TPSA) is 62.3 Å². The molecule has 1 aliphatic heterocycles. The van der Waals surface area contributed by atoms with E-state index in [0.29, 0.717) is 6.54 Å². The minimum Gasteiger partial charge on any atom is -0.340 e. The van der Waals surface area contributed by atoms with Crippen LogP contribution in [0, 0.1) is 6.92 Å². The van der Waals surface area contributed by atoms with Crippen LogP contribution in [0.5, 0.6) is 0 Å². The van der Waals surface area contributed by atoms with E-state index in [2.05, 4.69) is 10.3 Å². The van der Waals surface area contributed by atoms with Gasteiger partial charge in [-0.3, -0.25) is 9.59 Å². The lowest BCUT2D eigenvalue weighted by Crippen LogP contribution is -2.67. The molecule has 0 radical (unpaired) electrons. The number of amides is 2. The molecular formula is C15H21N3O2S. The Morgan fingerprint density at radius 2 is 2.10 bits per heavy atom. The zero-order chi connectivity index (χ0) is 14.9. The van der Waals surface area contributed by atoms with Crippen LogP contribution in [0.3, 0.4) is 0 Å². The van der Waals surface area contributed by atoms with Crippen molar-refractivity contribution >= 4 is 23.2 Å². The highest BCUT2D eigenvalue weighted by molar-refractivity contribution is 7.09. The van der Waals surface area contributed by atoms with E-state index in [4.69, 9.17) is 0 Å². The van der Waals surface area contributed by atoms with Crippen molar-refractivity contribution < 1.29 is 9.59 Å². The summed E-state index contributed by atoms with van der Waals surface area (Å²) in [4.78, 5) is 30.9. The largest absolute Gasteiger partial charge is 0.340 e. The van der Waals surface area contributed by atoms with Crippen molar-refractivity contribution in [2.24, 2.45) is 0 Å². The molecule has 1 aromatic heterocycles. The summed E-state index contributed by atoms with van der Waals surface area (Å²) in [7, 11) is 0. The van der Waals surface area contributed by atoms with Crippen molar-refractivity contribution in [3.8, 4) is 0 Å². The van der Waals surface area contributed by atoms with Gasteiger partial charge in [0, 0.05) is 18.3 Å². The van der Waals surface area contributed by atoms with Crippen molar-refractivity contribution in [3.63, 3.8) is 0 Å². The average molecular weight is 307 g/mol. The Hall–Kier alpha value is -1.43. The summed E-state index contributed by atoms with van der Waals surface area (Å²) < 4.78 is 0. The van der Waals surface area contributed by atoms with E-state index in [9.17, 15) is 9.59 Å². The molecule has 0 bridgehead atoms. The first-order valence-corrected chi connectivity index (χ1v) is 8.48. The number of aromatic nitrogens is 1. The van der Waals surface area contributed by atoms with E-state index in [1.54, 1.807) is 16.2 Å². The molecule has 0 unspecified atom stereocenters. The molecule has 2 amide bonds. The lowest BCUT2D eigenvalue weighted by atomic mass is 9.79. The molecule has 2 fully saturated rings. The van der Waals surface area contributed by atoms with E-state index in [1.165, 1.54) is 0 Å². The van der Waals surface area contributed by atoms with Gasteiger partial charge in [-0.25, -0.2) is 4.98 Å². The Bertz CT molecular complexity index is 549. The van der Waals surface area contributed by atoms with E-state index < -0.39 is 5.54 Å². The molecule has 2 aliphatic rings. The van der Waals surface area contributed by atoms with Gasteiger partial charge in [-0.1, -0.05) is 19.3 Å². The molecule has 0 atom stereocenters. The predicted molar refractivity (Wildman–Crippen MR) is 81.1 cm³/mol. The Kier molecular flexibility index (Phi) is 3.97. The lowest BCUT2D eigenvalue weighted by molar-refractivity contribution is -0.151. The summed E-state index contributed by atoms with van der Waals surface area (Å²) in [5.74, 6) is 0.0831. The number of nitrogens with one attached hydrogen (secondary N) is 1. The first-order valence-electron chi connectivity index (χ1n) is 7.60. The van der Waals surface area contributed by atoms with Crippen LogP contribution in [0.1, 0.15) is 42.8 Å². The Morgan fingerprint density at radius 1 is 1.33 bits per heavy atom. The van der Waals surface area contributed by atoms with Crippen LogP contribution >= 0.6 is 11.3 Å². The second-order valence-electron chi connectivity index (χ2n) is 6.03. The first kappa shape index (κ1) is 14.5. The minimum atomic E-state index is -0.619. The predicted octanol–water partition coefficient (Wildman–Crippen LogP) is 1.66. The molecule has 1 spiro atoms. The van der Waals surface area contributed by atoms with Crippen molar-refractivity contribution in [3.05, 3.63) is 16.1 Å². The van der Waals surface area contributed by atoms with Crippen molar-refractivity contribution in [2.45, 2.75) is 51.0 Å². The van der Waals surface area contributed by atoms with Crippen molar-refractivity contribution in [2.75, 3.05) is 13.1 Å². The molecule has 1 saturated carbocycles. The standard InChI is InChI=1S/C15H21N3O2S/c1-11-16-12(10-21-11)5-8-18-9-13(19)17-15(14(18)20)6-3-2-4-7-15/h10H,2-9H2,1H3,(H,17,19). The van der Waals surface area contributed by atoms with Crippen molar-refractivity contribution in [1.29, 1.82) is 0 Å². The van der Waals surface area contributed by atoms with E-state index in [0.717, 1.165) is 49.2 Å². The van der Waals surface area contributed by atoms with Gasteiger partial charge in [0.1, 0.15) is 5.54 Å². The number of carbonyl (C=O) groups is 2. The van der Waals surface area contributed by atoms with Gasteiger partial charge in [-0.2, -0.15) is 0 Å². The number of hydrogen-bond acceptors (Lipinski definition) is 4. The first-order chi connectivity index (χ1) is 10.1. The average Bonchev–Trinajstić information content (AvgIpc) is 2.88. The minimum absolute atomic E-state index is 0.0223. The molecule has 1 N–H and O–H groups in total. The second kappa shape index (κ2) is 5.75. The summed E-state index contributed by atoms with van der Waals surface area (Å²) in [5.41, 5.74) is 0.389. The summed E-state index contributed by atoms with van der Waals surface area (Å²) in [6, 6.07) is 0. The highest BCUT2D eigenvalue weighted by atomic mass is 32.1. The molecule has 0 aromatic carbocycles. The third-order valence-corrected chi connectivity index (χ3v) is 5.24. The number of piperazine rings is 1. The van der Waals surface area contributed by atoms with Gasteiger partial charge in [0.25, 0.3) is 0 Å². The maximum absolute atomic E-state index is 12.8. The SMILES string of the molecule is Cc1nc(CCN2CC(=O)NC3(CCCCC3)C2=O)cs1. The van der Waals surface area contributed by atoms with E-state index in [1.807, 2.05) is 12.3 Å². The molecule has 21 heavy (non-hydrogen) atoms. The lowest BCUT2D eigenvalue weighted by Gasteiger charge is -2.44. The van der Waals surface area contributed by atoms with Crippen LogP contribution < -0.4 is 5.32 Å². The van der Waals surface area contributed by atoms with Crippen LogP contribution in [0.15, 0.2) is 5.38 Å². The number of carbonyl (C=O) groups excluding carboxylic acids is 2. The maximum atomic E-state index is 12.8. The number of thiazole rings is 1. The fourth-order valence-corrected chi connectivity index (χ4v) is 4.00. The molecule has 114 valence electrons. The summed E-state index contributed by atoms with van der Waals surface area (Å²) >= 11 is 1.62. The third kappa shape index (κ3) is 2.95. The fourth-order valence-electron chi connectivity index (χ4n) is 3.36. The van der Waals surface area contributed by atoms with E-state index in [-0.39, 0.29) is 18.4 Å². The van der Waals surface area contributed by atoms with Crippen LogP contribution in [0.25, 0.3) is 0 Å². The number of hydrogen-bond donors (Lipinski definition) is 1. The third-order valence-electron chi connectivity index (χ3n) is 4.42. The molecule has 2 heterocycles. The highest BCUT2D eigenvalue weighted by Gasteiger charge is 2.46. The number of aryl methyl sites for hydroxylation is 1. The summed E-state index contributed by atoms with van der Waals surface area (Å²) in [5, 5.41) is 6.04. The van der Waals surface area contributed by atoms with Crippen LogP contribution in [0.4, 0.5) is 0 Å². The van der Waals surface area contributed by atoms with Crippen LogP contribution in [-0.4, -0.2) is 40.3 Å². The zero-order valence-electron chi connectivity index (χ0n) is 12.4. The molecule has 1 aliphatic carbocycles. The molecule has 3 rings (SSSR count). The van der Waals surface area contributed by atoms with Gasteiger partial charge in [0.2, 0.25) is 11.8 Å². The number of rotatable bonds is 3. The summed E-state index contributed by atoms with van der Waals surface area (Å²) in [6.45, 7) is 2.74. The molecule has 6 heteroatoms. The summed E-state index contributed by atoms with van der Waals surface area (Å²) in [6.07, 6.45) is 5.48. The zero-order valence-corrected chi connectivity index (χ0v) is 13.2. The smallest absolute Gasteiger partial charge is 0.248 e. The second-order valence-corrected chi connectivity index (χ2v) is 7.09. The van der Waals surface area contributed by atoms with Gasteiger partial charge >= 0.3 is 0 Å². The number of nitrogens with zero attached hydrogens (tertiary/aromatic N) is 2. The quantitative estimate of drug-likeness (QED) is 0.923. The maximum Gasteiger partial charge on any atom is 0.248 e. The molecule has 1 aromatic rings. The van der Waals surface area contributed by atoms with E-state index >= 15 is 0 Å². The fraction of sp³-hybridized carbons (Fsp3) is 0.667. The highest BCUT2D eigenvalue weighted by Crippen LogP contribution is 2.31. The van der Waals surface area contributed by atoms with Crippen molar-refractivity contribution in [1.82, 2.24) is 15.2 Å². The Balaban J connectivity index is 1.69. The van der Waals surface area contributed by atoms with Crippen LogP contribution in [-0.2, 0) is 16.0 Å². The molecule has 1 saturated heterocycles. The van der Waals surface area contributed by atoms with Crippen LogP contribution in [0.2, 0.25) is 0 Å². The van der Waals surface area contributed by atoms with Gasteiger partial charge in [0.05, 0.1) is 17.2 Å². The van der Waals surface area contributed by atoms with Gasteiger partial charge in [0.15, 0.2) is 0 Å². The van der Waals surface area contributed by atoms with Gasteiger partial charge in [-0.15, -0.1) is 11.3 Å².